The van der Waals surface area contributed by atoms with Crippen molar-refractivity contribution in [2.75, 3.05) is 18.1 Å². The first-order valence-corrected chi connectivity index (χ1v) is 11.5. The number of carbonyl (C=O) groups excluding carboxylic acids is 2. The van der Waals surface area contributed by atoms with Crippen molar-refractivity contribution in [1.82, 2.24) is 10.6 Å². The Balaban J connectivity index is 2.22. The molecule has 1 aromatic rings. The van der Waals surface area contributed by atoms with E-state index in [9.17, 15) is 9.59 Å². The molecule has 1 aliphatic heterocycles. The van der Waals surface area contributed by atoms with E-state index in [1.807, 2.05) is 0 Å². The van der Waals surface area contributed by atoms with Gasteiger partial charge in [0.25, 0.3) is 5.91 Å². The molecule has 1 atom stereocenters. The van der Waals surface area contributed by atoms with Crippen molar-refractivity contribution in [2.45, 2.75) is 71.3 Å². The van der Waals surface area contributed by atoms with E-state index in [2.05, 4.69) is 29.6 Å². The molecule has 1 unspecified atom stereocenters. The summed E-state index contributed by atoms with van der Waals surface area (Å²) in [6.45, 7) is 7.22. The molecule has 1 aliphatic rings. The molecule has 2 amide bonds. The van der Waals surface area contributed by atoms with Crippen LogP contribution in [-0.2, 0) is 9.59 Å². The van der Waals surface area contributed by atoms with Crippen LogP contribution in [0.25, 0.3) is 0 Å². The van der Waals surface area contributed by atoms with E-state index < -0.39 is 5.54 Å². The minimum Gasteiger partial charge on any atom is -0.354 e. The van der Waals surface area contributed by atoms with E-state index in [1.165, 1.54) is 0 Å². The highest BCUT2D eigenvalue weighted by Crippen LogP contribution is 2.36. The number of hydrogen-bond acceptors (Lipinski definition) is 4. The molecule has 1 heterocycles. The number of rotatable bonds is 11. The van der Waals surface area contributed by atoms with Crippen molar-refractivity contribution in [2.24, 2.45) is 5.10 Å². The molecule has 0 saturated heterocycles. The molecule has 30 heavy (non-hydrogen) atoms. The topological polar surface area (TPSA) is 73.8 Å². The molecular formula is C22H32Cl2N4O2. The Kier molecular flexibility index (Phi) is 9.43. The number of nitrogens with zero attached hydrogens (tertiary/aromatic N) is 2. The second kappa shape index (κ2) is 11.6. The van der Waals surface area contributed by atoms with E-state index in [1.54, 1.807) is 30.1 Å². The van der Waals surface area contributed by atoms with E-state index in [0.717, 1.165) is 38.5 Å². The molecule has 2 N–H and O–H groups in total. The lowest BCUT2D eigenvalue weighted by molar-refractivity contribution is -0.125. The van der Waals surface area contributed by atoms with Crippen LogP contribution >= 0.6 is 23.2 Å². The average molecular weight is 455 g/mol. The molecule has 0 saturated carbocycles. The predicted molar refractivity (Wildman–Crippen MR) is 124 cm³/mol. The van der Waals surface area contributed by atoms with Crippen LogP contribution in [0.5, 0.6) is 0 Å². The summed E-state index contributed by atoms with van der Waals surface area (Å²) in [7, 11) is 0. The molecule has 0 bridgehead atoms. The predicted octanol–water partition coefficient (Wildman–Crippen LogP) is 4.93. The maximum absolute atomic E-state index is 13.1. The smallest absolute Gasteiger partial charge is 0.267 e. The van der Waals surface area contributed by atoms with Gasteiger partial charge in [-0.3, -0.25) is 9.59 Å². The third-order valence-electron chi connectivity index (χ3n) is 5.23. The van der Waals surface area contributed by atoms with Crippen molar-refractivity contribution in [3.63, 3.8) is 0 Å². The highest BCUT2D eigenvalue weighted by atomic mass is 35.5. The fourth-order valence-corrected chi connectivity index (χ4v) is 3.67. The lowest BCUT2D eigenvalue weighted by Gasteiger charge is -2.33. The van der Waals surface area contributed by atoms with E-state index >= 15 is 0 Å². The number of hydrogen-bond donors (Lipinski definition) is 2. The van der Waals surface area contributed by atoms with Gasteiger partial charge in [0.05, 0.1) is 15.7 Å². The minimum absolute atomic E-state index is 0.165. The van der Waals surface area contributed by atoms with Crippen LogP contribution in [0, 0.1) is 0 Å². The van der Waals surface area contributed by atoms with E-state index in [0.29, 0.717) is 34.5 Å². The van der Waals surface area contributed by atoms with Gasteiger partial charge in [0.1, 0.15) is 11.3 Å². The lowest BCUT2D eigenvalue weighted by atomic mass is 9.93. The van der Waals surface area contributed by atoms with Gasteiger partial charge in [-0.15, -0.1) is 0 Å². The van der Waals surface area contributed by atoms with Crippen LogP contribution in [0.4, 0.5) is 5.69 Å². The van der Waals surface area contributed by atoms with Crippen molar-refractivity contribution in [1.29, 1.82) is 0 Å². The van der Waals surface area contributed by atoms with Crippen LogP contribution in [0.1, 0.15) is 65.7 Å². The SMILES string of the molecule is CCCCCNC(=O)C1=NN(c2ccc(Cl)c(Cl)c2)C(C)(C(=O)NCCCCC)C1. The van der Waals surface area contributed by atoms with Crippen LogP contribution in [0.15, 0.2) is 23.3 Å². The monoisotopic (exact) mass is 454 g/mol. The summed E-state index contributed by atoms with van der Waals surface area (Å²) in [6.07, 6.45) is 6.31. The number of nitrogens with one attached hydrogen (secondary N) is 2. The highest BCUT2D eigenvalue weighted by molar-refractivity contribution is 6.42. The van der Waals surface area contributed by atoms with Gasteiger partial charge in [0, 0.05) is 19.5 Å². The van der Waals surface area contributed by atoms with Gasteiger partial charge in [-0.2, -0.15) is 5.10 Å². The first kappa shape index (κ1) is 24.5. The van der Waals surface area contributed by atoms with Crippen molar-refractivity contribution in [3.8, 4) is 0 Å². The van der Waals surface area contributed by atoms with Crippen molar-refractivity contribution < 1.29 is 9.59 Å². The van der Waals surface area contributed by atoms with Crippen LogP contribution in [-0.4, -0.2) is 36.2 Å². The van der Waals surface area contributed by atoms with Crippen molar-refractivity contribution >= 4 is 46.4 Å². The summed E-state index contributed by atoms with van der Waals surface area (Å²) in [5.74, 6) is -0.402. The maximum atomic E-state index is 13.1. The first-order valence-electron chi connectivity index (χ1n) is 10.7. The zero-order valence-corrected chi connectivity index (χ0v) is 19.6. The Morgan fingerprint density at radius 2 is 1.67 bits per heavy atom. The largest absolute Gasteiger partial charge is 0.354 e. The molecule has 0 aliphatic carbocycles. The molecule has 0 fully saturated rings. The number of halogens is 2. The van der Waals surface area contributed by atoms with Crippen LogP contribution in [0.3, 0.4) is 0 Å². The van der Waals surface area contributed by atoms with Gasteiger partial charge in [0.15, 0.2) is 0 Å². The fraction of sp³-hybridized carbons (Fsp3) is 0.591. The number of anilines is 1. The van der Waals surface area contributed by atoms with Gasteiger partial charge in [-0.05, 0) is 38.0 Å². The molecule has 8 heteroatoms. The van der Waals surface area contributed by atoms with Gasteiger partial charge < -0.3 is 10.6 Å². The molecule has 2 rings (SSSR count). The minimum atomic E-state index is -1.03. The maximum Gasteiger partial charge on any atom is 0.267 e. The number of amides is 2. The Bertz CT molecular complexity index is 784. The second-order valence-electron chi connectivity index (χ2n) is 7.83. The number of benzene rings is 1. The number of unbranched alkanes of at least 4 members (excludes halogenated alkanes) is 4. The summed E-state index contributed by atoms with van der Waals surface area (Å²) in [6, 6.07) is 5.08. The van der Waals surface area contributed by atoms with Crippen molar-refractivity contribution in [3.05, 3.63) is 28.2 Å². The molecular weight excluding hydrogens is 423 g/mol. The summed E-state index contributed by atoms with van der Waals surface area (Å²) in [5, 5.41) is 12.8. The zero-order valence-electron chi connectivity index (χ0n) is 18.1. The highest BCUT2D eigenvalue weighted by Gasteiger charge is 2.47. The summed E-state index contributed by atoms with van der Waals surface area (Å²) in [4.78, 5) is 25.8. The Morgan fingerprint density at radius 3 is 2.27 bits per heavy atom. The molecule has 166 valence electrons. The quantitative estimate of drug-likeness (QED) is 0.465. The number of carbonyl (C=O) groups is 2. The van der Waals surface area contributed by atoms with Crippen LogP contribution in [0.2, 0.25) is 10.0 Å². The van der Waals surface area contributed by atoms with Gasteiger partial charge in [-0.1, -0.05) is 62.7 Å². The first-order chi connectivity index (χ1) is 14.3. The second-order valence-corrected chi connectivity index (χ2v) is 8.65. The fourth-order valence-electron chi connectivity index (χ4n) is 3.38. The molecule has 0 aromatic heterocycles. The third kappa shape index (κ3) is 6.11. The summed E-state index contributed by atoms with van der Waals surface area (Å²) >= 11 is 12.2. The van der Waals surface area contributed by atoms with Crippen LogP contribution < -0.4 is 15.6 Å². The standard InChI is InChI=1S/C22H32Cl2N4O2/c1-4-6-8-12-25-20(29)19-15-22(3,21(30)26-13-9-7-5-2)28(27-19)16-10-11-17(23)18(24)14-16/h10-11,14H,4-9,12-13,15H2,1-3H3,(H,25,29)(H,26,30). The zero-order chi connectivity index (χ0) is 22.1. The number of hydrazone groups is 1. The molecule has 1 aromatic carbocycles. The average Bonchev–Trinajstić information content (AvgIpc) is 3.09. The third-order valence-corrected chi connectivity index (χ3v) is 5.97. The van der Waals surface area contributed by atoms with E-state index in [-0.39, 0.29) is 18.2 Å². The Labute approximate surface area is 189 Å². The Hall–Kier alpha value is -1.79. The molecule has 6 nitrogen and oxygen atoms in total. The van der Waals surface area contributed by atoms with Gasteiger partial charge >= 0.3 is 0 Å². The van der Waals surface area contributed by atoms with E-state index in [4.69, 9.17) is 23.2 Å². The summed E-state index contributed by atoms with van der Waals surface area (Å²) < 4.78 is 0. The molecule has 0 spiro atoms. The normalized spacial score (nSPS) is 18.3. The Morgan fingerprint density at radius 1 is 1.03 bits per heavy atom. The lowest BCUT2D eigenvalue weighted by Crippen LogP contribution is -2.53. The molecule has 0 radical (unpaired) electrons. The summed E-state index contributed by atoms with van der Waals surface area (Å²) in [5.41, 5.74) is -0.0763. The van der Waals surface area contributed by atoms with Gasteiger partial charge in [-0.25, -0.2) is 5.01 Å². The van der Waals surface area contributed by atoms with Gasteiger partial charge in [0.2, 0.25) is 5.91 Å².